The lowest BCUT2D eigenvalue weighted by Gasteiger charge is -2.61. The molecule has 0 spiro atoms. The van der Waals surface area contributed by atoms with Crippen molar-refractivity contribution in [1.82, 2.24) is 0 Å². The lowest BCUT2D eigenvalue weighted by atomic mass is 9.44. The molecule has 142 valence electrons. The molecule has 25 heavy (non-hydrogen) atoms. The third-order valence-electron chi connectivity index (χ3n) is 8.87. The van der Waals surface area contributed by atoms with Crippen molar-refractivity contribution in [1.29, 1.82) is 0 Å². The van der Waals surface area contributed by atoms with Gasteiger partial charge < -0.3 is 5.11 Å². The largest absolute Gasteiger partial charge is 0.393 e. The molecule has 0 aromatic heterocycles. The Morgan fingerprint density at radius 3 is 2.48 bits per heavy atom. The van der Waals surface area contributed by atoms with Crippen molar-refractivity contribution < 1.29 is 5.11 Å². The van der Waals surface area contributed by atoms with Gasteiger partial charge >= 0.3 is 0 Å². The van der Waals surface area contributed by atoms with Crippen LogP contribution in [0.15, 0.2) is 24.8 Å². The van der Waals surface area contributed by atoms with Crippen molar-refractivity contribution in [2.75, 3.05) is 0 Å². The molecule has 7 unspecified atom stereocenters. The summed E-state index contributed by atoms with van der Waals surface area (Å²) in [6, 6.07) is 0. The van der Waals surface area contributed by atoms with Crippen molar-refractivity contribution >= 4 is 0 Å². The second-order valence-corrected chi connectivity index (χ2v) is 10.4. The Morgan fingerprint density at radius 2 is 1.88 bits per heavy atom. The fourth-order valence-electron chi connectivity index (χ4n) is 6.95. The van der Waals surface area contributed by atoms with E-state index in [2.05, 4.69) is 46.9 Å². The first-order valence-electron chi connectivity index (χ1n) is 10.7. The van der Waals surface area contributed by atoms with E-state index in [4.69, 9.17) is 0 Å². The van der Waals surface area contributed by atoms with Crippen LogP contribution in [-0.2, 0) is 0 Å². The van der Waals surface area contributed by atoms with Gasteiger partial charge in [0.05, 0.1) is 6.10 Å². The first kappa shape index (κ1) is 19.2. The summed E-state index contributed by atoms with van der Waals surface area (Å²) in [5, 5.41) is 10.7. The van der Waals surface area contributed by atoms with E-state index in [9.17, 15) is 5.11 Å². The fraction of sp³-hybridized carbons (Fsp3) is 0.833. The van der Waals surface area contributed by atoms with E-state index in [0.717, 1.165) is 31.1 Å². The van der Waals surface area contributed by atoms with Crippen LogP contribution in [0.4, 0.5) is 0 Å². The molecular weight excluding hydrogens is 304 g/mol. The van der Waals surface area contributed by atoms with E-state index in [1.54, 1.807) is 0 Å². The summed E-state index contributed by atoms with van der Waals surface area (Å²) in [5.74, 6) is 3.40. The fourth-order valence-corrected chi connectivity index (χ4v) is 6.95. The molecule has 0 saturated heterocycles. The number of aliphatic hydroxyl groups excluding tert-OH is 1. The van der Waals surface area contributed by atoms with Crippen LogP contribution in [0.3, 0.4) is 0 Å². The van der Waals surface area contributed by atoms with E-state index in [1.165, 1.54) is 37.7 Å². The standard InChI is InChI=1S/C24H40O/c1-7-18-15-21-23(4,5)22(25)13-14-24(21,6)20(17(18)3)12-11-19-10-8-9-16(19)2/h7,16,18-22,25H,1,3,8-15H2,2,4-6H3. The average Bonchev–Trinajstić information content (AvgIpc) is 2.96. The Labute approximate surface area is 156 Å². The first-order chi connectivity index (χ1) is 11.7. The minimum absolute atomic E-state index is 0.00609. The Balaban J connectivity index is 1.85. The molecule has 0 aromatic rings. The molecule has 0 bridgehead atoms. The van der Waals surface area contributed by atoms with Crippen molar-refractivity contribution in [3.05, 3.63) is 24.8 Å². The molecule has 3 aliphatic carbocycles. The number of aliphatic hydroxyl groups is 1. The van der Waals surface area contributed by atoms with Crippen molar-refractivity contribution in [3.63, 3.8) is 0 Å². The van der Waals surface area contributed by atoms with Gasteiger partial charge in [-0.3, -0.25) is 0 Å². The predicted octanol–water partition coefficient (Wildman–Crippen LogP) is 6.38. The van der Waals surface area contributed by atoms with E-state index >= 15 is 0 Å². The van der Waals surface area contributed by atoms with E-state index in [0.29, 0.717) is 23.2 Å². The molecule has 0 heterocycles. The van der Waals surface area contributed by atoms with Crippen LogP contribution >= 0.6 is 0 Å². The Bertz CT molecular complexity index is 518. The van der Waals surface area contributed by atoms with Crippen LogP contribution in [0, 0.1) is 40.4 Å². The van der Waals surface area contributed by atoms with Gasteiger partial charge in [-0.15, -0.1) is 6.58 Å². The zero-order valence-electron chi connectivity index (χ0n) is 17.1. The summed E-state index contributed by atoms with van der Waals surface area (Å²) >= 11 is 0. The Kier molecular flexibility index (Phi) is 5.28. The molecular formula is C24H40O. The van der Waals surface area contributed by atoms with Gasteiger partial charge in [0.25, 0.3) is 0 Å². The number of hydrogen-bond acceptors (Lipinski definition) is 1. The highest BCUT2D eigenvalue weighted by atomic mass is 16.3. The number of allylic oxidation sites excluding steroid dienone is 2. The zero-order valence-corrected chi connectivity index (χ0v) is 17.1. The van der Waals surface area contributed by atoms with Gasteiger partial charge in [-0.2, -0.15) is 0 Å². The summed E-state index contributed by atoms with van der Waals surface area (Å²) in [7, 11) is 0. The van der Waals surface area contributed by atoms with Crippen molar-refractivity contribution in [2.45, 2.75) is 85.2 Å². The Hall–Kier alpha value is -0.560. The van der Waals surface area contributed by atoms with Gasteiger partial charge in [-0.25, -0.2) is 0 Å². The molecule has 1 nitrogen and oxygen atoms in total. The quantitative estimate of drug-likeness (QED) is 0.586. The molecule has 1 N–H and O–H groups in total. The molecule has 3 rings (SSSR count). The average molecular weight is 345 g/mol. The highest BCUT2D eigenvalue weighted by Gasteiger charge is 2.57. The van der Waals surface area contributed by atoms with Crippen LogP contribution in [0.25, 0.3) is 0 Å². The van der Waals surface area contributed by atoms with Gasteiger partial charge in [-0.1, -0.05) is 65.2 Å². The zero-order chi connectivity index (χ0) is 18.4. The van der Waals surface area contributed by atoms with Crippen LogP contribution in [0.5, 0.6) is 0 Å². The van der Waals surface area contributed by atoms with Crippen LogP contribution in [-0.4, -0.2) is 11.2 Å². The monoisotopic (exact) mass is 344 g/mol. The molecule has 0 aromatic carbocycles. The molecule has 3 fully saturated rings. The highest BCUT2D eigenvalue weighted by Crippen LogP contribution is 2.63. The third-order valence-corrected chi connectivity index (χ3v) is 8.87. The summed E-state index contributed by atoms with van der Waals surface area (Å²) in [5.41, 5.74) is 1.72. The lowest BCUT2D eigenvalue weighted by molar-refractivity contribution is -0.130. The second-order valence-electron chi connectivity index (χ2n) is 10.4. The Morgan fingerprint density at radius 1 is 1.16 bits per heavy atom. The molecule has 0 amide bonds. The summed E-state index contributed by atoms with van der Waals surface area (Å²) in [4.78, 5) is 0. The van der Waals surface area contributed by atoms with Crippen LogP contribution in [0.2, 0.25) is 0 Å². The van der Waals surface area contributed by atoms with Crippen molar-refractivity contribution in [3.8, 4) is 0 Å². The molecule has 3 saturated carbocycles. The van der Waals surface area contributed by atoms with Gasteiger partial charge in [-0.05, 0) is 72.5 Å². The van der Waals surface area contributed by atoms with Gasteiger partial charge in [0.1, 0.15) is 0 Å². The molecule has 0 radical (unpaired) electrons. The normalized spacial score (nSPS) is 46.7. The van der Waals surface area contributed by atoms with Gasteiger partial charge in [0.15, 0.2) is 0 Å². The van der Waals surface area contributed by atoms with E-state index < -0.39 is 0 Å². The van der Waals surface area contributed by atoms with E-state index in [-0.39, 0.29) is 11.5 Å². The highest BCUT2D eigenvalue weighted by molar-refractivity contribution is 5.23. The first-order valence-corrected chi connectivity index (χ1v) is 10.7. The molecule has 7 atom stereocenters. The summed E-state index contributed by atoms with van der Waals surface area (Å²) < 4.78 is 0. The topological polar surface area (TPSA) is 20.2 Å². The predicted molar refractivity (Wildman–Crippen MR) is 107 cm³/mol. The number of fused-ring (bicyclic) bond motifs is 1. The SMILES string of the molecule is C=CC1CC2C(C)(C)C(O)CCC2(C)C(CCC2CCCC2C)C1=C. The minimum atomic E-state index is -0.169. The van der Waals surface area contributed by atoms with Crippen LogP contribution in [0.1, 0.15) is 79.1 Å². The molecule has 0 aliphatic heterocycles. The maximum absolute atomic E-state index is 10.7. The van der Waals surface area contributed by atoms with Gasteiger partial charge in [0.2, 0.25) is 0 Å². The second kappa shape index (κ2) is 6.87. The molecule has 3 aliphatic rings. The maximum atomic E-state index is 10.7. The van der Waals surface area contributed by atoms with Crippen LogP contribution < -0.4 is 0 Å². The van der Waals surface area contributed by atoms with Gasteiger partial charge in [0, 0.05) is 0 Å². The third kappa shape index (κ3) is 3.15. The summed E-state index contributed by atoms with van der Waals surface area (Å²) in [6.45, 7) is 18.3. The smallest absolute Gasteiger partial charge is 0.0594 e. The number of rotatable bonds is 4. The van der Waals surface area contributed by atoms with Crippen molar-refractivity contribution in [2.24, 2.45) is 40.4 Å². The minimum Gasteiger partial charge on any atom is -0.393 e. The lowest BCUT2D eigenvalue weighted by Crippen LogP contribution is -2.56. The maximum Gasteiger partial charge on any atom is 0.0594 e. The van der Waals surface area contributed by atoms with E-state index in [1.807, 2.05) is 0 Å². The summed E-state index contributed by atoms with van der Waals surface area (Å²) in [6.07, 6.45) is 12.1. The molecule has 1 heteroatoms. The number of hydrogen-bond donors (Lipinski definition) is 1.